The smallest absolute Gasteiger partial charge is 0.410 e. The van der Waals surface area contributed by atoms with Crippen molar-refractivity contribution in [1.82, 2.24) is 20.4 Å². The molecule has 3 N–H and O–H groups in total. The maximum atomic E-state index is 14.3. The molecule has 11 heteroatoms. The van der Waals surface area contributed by atoms with E-state index in [1.54, 1.807) is 0 Å². The number of fused-ring (bicyclic) bond motifs is 8. The Kier molecular flexibility index (Phi) is 10.7. The quantitative estimate of drug-likeness (QED) is 0.130. The van der Waals surface area contributed by atoms with Gasteiger partial charge in [-0.3, -0.25) is 19.4 Å². The molecule has 6 aromatic carbocycles. The van der Waals surface area contributed by atoms with Gasteiger partial charge in [0.2, 0.25) is 11.8 Å². The molecule has 6 aromatic rings. The molecule has 316 valence electrons. The van der Waals surface area contributed by atoms with Crippen molar-refractivity contribution in [2.24, 2.45) is 0 Å². The van der Waals surface area contributed by atoms with Gasteiger partial charge in [-0.15, -0.1) is 0 Å². The second-order valence-electron chi connectivity index (χ2n) is 16.6. The molecule has 2 heterocycles. The molecule has 4 aliphatic rings. The molecule has 2 aliphatic heterocycles. The number of rotatable bonds is 9. The highest BCUT2D eigenvalue weighted by molar-refractivity contribution is 5.89. The molecule has 2 atom stereocenters. The van der Waals surface area contributed by atoms with Crippen LogP contribution in [0.25, 0.3) is 22.3 Å². The number of aliphatic hydroxyl groups is 1. The zero-order valence-electron chi connectivity index (χ0n) is 34.5. The Morgan fingerprint density at radius 1 is 0.492 bits per heavy atom. The fraction of sp³-hybridized carbons (Fsp3) is 0.231. The summed E-state index contributed by atoms with van der Waals surface area (Å²) in [6.07, 6.45) is -2.11. The first-order chi connectivity index (χ1) is 30.9. The molecule has 4 amide bonds. The van der Waals surface area contributed by atoms with Crippen molar-refractivity contribution in [2.75, 3.05) is 19.8 Å². The second-order valence-corrected chi connectivity index (χ2v) is 16.6. The molecule has 0 aromatic heterocycles. The van der Waals surface area contributed by atoms with Gasteiger partial charge in [-0.1, -0.05) is 146 Å². The highest BCUT2D eigenvalue weighted by atomic mass is 16.6. The highest BCUT2D eigenvalue weighted by Gasteiger charge is 2.40. The Bertz CT molecular complexity index is 2480. The van der Waals surface area contributed by atoms with Gasteiger partial charge in [-0.05, 0) is 66.8 Å². The molecular weight excluding hydrogens is 793 g/mol. The molecule has 0 bridgehead atoms. The summed E-state index contributed by atoms with van der Waals surface area (Å²) in [5, 5.41) is 16.1. The average Bonchev–Trinajstić information content (AvgIpc) is 3.83. The van der Waals surface area contributed by atoms with Crippen LogP contribution >= 0.6 is 0 Å². The molecule has 2 aliphatic carbocycles. The number of hydrogen-bond donors (Lipinski definition) is 3. The van der Waals surface area contributed by atoms with Crippen molar-refractivity contribution >= 4 is 24.0 Å². The summed E-state index contributed by atoms with van der Waals surface area (Å²) >= 11 is 0. The van der Waals surface area contributed by atoms with Gasteiger partial charge in [0.15, 0.2) is 0 Å². The Hall–Kier alpha value is -7.24. The SMILES string of the molecule is O=C(NC(CO)NC(=O)C1Cc2ccccc2CN1C(=O)OCC1c2ccccc2-c2ccccc21)C1Cc2ccccc2CN1C(=O)OCC1c2ccccc2-c2ccccc21. The third-order valence-corrected chi connectivity index (χ3v) is 13.1. The van der Waals surface area contributed by atoms with E-state index >= 15 is 0 Å². The Morgan fingerprint density at radius 3 is 1.16 bits per heavy atom. The summed E-state index contributed by atoms with van der Waals surface area (Å²) in [6, 6.07) is 45.6. The lowest BCUT2D eigenvalue weighted by atomic mass is 9.93. The molecule has 0 radical (unpaired) electrons. The minimum absolute atomic E-state index is 0.0827. The summed E-state index contributed by atoms with van der Waals surface area (Å²) < 4.78 is 12.1. The van der Waals surface area contributed by atoms with Crippen LogP contribution in [0, 0.1) is 0 Å². The normalized spacial score (nSPS) is 17.5. The number of carbonyl (C=O) groups is 4. The summed E-state index contributed by atoms with van der Waals surface area (Å²) in [5.74, 6) is -1.47. The lowest BCUT2D eigenvalue weighted by molar-refractivity contribution is -0.130. The Morgan fingerprint density at radius 2 is 0.810 bits per heavy atom. The largest absolute Gasteiger partial charge is 0.448 e. The Labute approximate surface area is 365 Å². The molecule has 0 fully saturated rings. The third-order valence-electron chi connectivity index (χ3n) is 13.1. The van der Waals surface area contributed by atoms with E-state index in [4.69, 9.17) is 9.47 Å². The van der Waals surface area contributed by atoms with Crippen LogP contribution in [0.3, 0.4) is 0 Å². The predicted molar refractivity (Wildman–Crippen MR) is 236 cm³/mol. The monoisotopic (exact) mass is 838 g/mol. The lowest BCUT2D eigenvalue weighted by Gasteiger charge is -2.37. The van der Waals surface area contributed by atoms with Crippen LogP contribution in [-0.2, 0) is 45.0 Å². The number of amides is 4. The van der Waals surface area contributed by atoms with Crippen LogP contribution in [-0.4, -0.2) is 77.0 Å². The van der Waals surface area contributed by atoms with Crippen molar-refractivity contribution < 1.29 is 33.8 Å². The zero-order valence-corrected chi connectivity index (χ0v) is 34.5. The van der Waals surface area contributed by atoms with Crippen molar-refractivity contribution in [3.8, 4) is 22.3 Å². The van der Waals surface area contributed by atoms with Crippen LogP contribution in [0.2, 0.25) is 0 Å². The van der Waals surface area contributed by atoms with E-state index in [1.807, 2.05) is 121 Å². The number of carbonyl (C=O) groups excluding carboxylic acids is 4. The van der Waals surface area contributed by atoms with Crippen molar-refractivity contribution in [1.29, 1.82) is 0 Å². The van der Waals surface area contributed by atoms with Crippen LogP contribution in [0.1, 0.15) is 56.3 Å². The topological polar surface area (TPSA) is 138 Å². The highest BCUT2D eigenvalue weighted by Crippen LogP contribution is 2.46. The number of benzene rings is 6. The second kappa shape index (κ2) is 16.9. The zero-order chi connectivity index (χ0) is 43.0. The molecule has 10 rings (SSSR count). The number of nitrogens with zero attached hydrogens (tertiary/aromatic N) is 2. The van der Waals surface area contributed by atoms with Gasteiger partial charge in [0.25, 0.3) is 0 Å². The van der Waals surface area contributed by atoms with Crippen molar-refractivity contribution in [3.63, 3.8) is 0 Å². The van der Waals surface area contributed by atoms with E-state index in [2.05, 4.69) is 34.9 Å². The van der Waals surface area contributed by atoms with Gasteiger partial charge in [0, 0.05) is 24.7 Å². The minimum atomic E-state index is -1.23. The molecular formula is C52H46N4O7. The van der Waals surface area contributed by atoms with Gasteiger partial charge in [0.05, 0.1) is 19.7 Å². The number of aliphatic hydroxyl groups excluding tert-OH is 1. The van der Waals surface area contributed by atoms with Gasteiger partial charge in [0.1, 0.15) is 31.5 Å². The lowest BCUT2D eigenvalue weighted by Crippen LogP contribution is -2.61. The first-order valence-electron chi connectivity index (χ1n) is 21.4. The molecule has 0 saturated heterocycles. The summed E-state index contributed by atoms with van der Waals surface area (Å²) in [4.78, 5) is 59.4. The minimum Gasteiger partial charge on any atom is -0.448 e. The fourth-order valence-corrected chi connectivity index (χ4v) is 9.92. The molecule has 11 nitrogen and oxygen atoms in total. The van der Waals surface area contributed by atoms with E-state index in [0.29, 0.717) is 0 Å². The van der Waals surface area contributed by atoms with E-state index < -0.39 is 48.9 Å². The summed E-state index contributed by atoms with van der Waals surface area (Å²) in [5.41, 5.74) is 12.3. The van der Waals surface area contributed by atoms with Crippen LogP contribution in [0.15, 0.2) is 146 Å². The molecule has 2 unspecified atom stereocenters. The first-order valence-corrected chi connectivity index (χ1v) is 21.4. The molecule has 63 heavy (non-hydrogen) atoms. The summed E-state index contributed by atoms with van der Waals surface area (Å²) in [7, 11) is 0. The maximum Gasteiger partial charge on any atom is 0.410 e. The van der Waals surface area contributed by atoms with Gasteiger partial charge in [-0.25, -0.2) is 9.59 Å². The van der Waals surface area contributed by atoms with E-state index in [9.17, 15) is 24.3 Å². The predicted octanol–water partition coefficient (Wildman–Crippen LogP) is 7.29. The summed E-state index contributed by atoms with van der Waals surface area (Å²) in [6.45, 7) is -0.200. The number of hydrogen-bond acceptors (Lipinski definition) is 7. The van der Waals surface area contributed by atoms with Crippen LogP contribution in [0.5, 0.6) is 0 Å². The third kappa shape index (κ3) is 7.48. The van der Waals surface area contributed by atoms with Crippen LogP contribution < -0.4 is 10.6 Å². The van der Waals surface area contributed by atoms with Gasteiger partial charge in [-0.2, -0.15) is 0 Å². The number of nitrogens with one attached hydrogen (secondary N) is 2. The van der Waals surface area contributed by atoms with E-state index in [0.717, 1.165) is 66.8 Å². The fourth-order valence-electron chi connectivity index (χ4n) is 9.92. The number of ether oxygens (including phenoxy) is 2. The standard InChI is InChI=1S/C52H46N4O7/c57-29-48(53-49(58)46-25-32-13-1-3-15-34(32)27-55(46)51(60)62-30-44-40-21-9-5-17-36(40)37-18-6-10-22-41(37)44)54-50(59)47-26-33-14-2-4-16-35(33)28-56(47)52(61)63-31-45-42-23-11-7-19-38(42)39-20-8-12-24-43(39)45/h1-24,44-48,57H,25-31H2,(H,53,58)(H,54,59). The van der Waals surface area contributed by atoms with Gasteiger partial charge < -0.3 is 25.2 Å². The van der Waals surface area contributed by atoms with Crippen molar-refractivity contribution in [2.45, 2.75) is 56.0 Å². The van der Waals surface area contributed by atoms with Gasteiger partial charge >= 0.3 is 12.2 Å². The Balaban J connectivity index is 0.838. The maximum absolute atomic E-state index is 14.3. The molecule has 0 spiro atoms. The van der Waals surface area contributed by atoms with Crippen LogP contribution in [0.4, 0.5) is 9.59 Å². The van der Waals surface area contributed by atoms with E-state index in [1.165, 1.54) is 9.80 Å². The van der Waals surface area contributed by atoms with Crippen molar-refractivity contribution in [3.05, 3.63) is 190 Å². The van der Waals surface area contributed by atoms with E-state index in [-0.39, 0.29) is 51.0 Å². The first kappa shape index (κ1) is 39.9. The molecule has 0 saturated carbocycles. The average molecular weight is 839 g/mol.